The molecule has 0 spiro atoms. The summed E-state index contributed by atoms with van der Waals surface area (Å²) in [4.78, 5) is 36.8. The number of rotatable bonds is 9. The van der Waals surface area contributed by atoms with Gasteiger partial charge in [-0.1, -0.05) is 62.4 Å². The Balaban J connectivity index is 1.69. The fourth-order valence-corrected chi connectivity index (χ4v) is 4.06. The highest BCUT2D eigenvalue weighted by atomic mass is 16.5. The Bertz CT molecular complexity index is 976. The van der Waals surface area contributed by atoms with E-state index in [1.165, 1.54) is 7.11 Å². The van der Waals surface area contributed by atoms with E-state index in [2.05, 4.69) is 10.6 Å². The van der Waals surface area contributed by atoms with Gasteiger partial charge in [0, 0.05) is 13.0 Å². The van der Waals surface area contributed by atoms with Crippen LogP contribution in [-0.4, -0.2) is 55.0 Å². The van der Waals surface area contributed by atoms with E-state index in [4.69, 9.17) is 9.47 Å². The molecule has 8 nitrogen and oxygen atoms in total. The van der Waals surface area contributed by atoms with Crippen LogP contribution >= 0.6 is 0 Å². The Morgan fingerprint density at radius 1 is 0.909 bits per heavy atom. The summed E-state index contributed by atoms with van der Waals surface area (Å²) in [6, 6.07) is 13.8. The molecule has 0 saturated heterocycles. The lowest BCUT2D eigenvalue weighted by Gasteiger charge is -2.26. The molecule has 0 aromatic heterocycles. The summed E-state index contributed by atoms with van der Waals surface area (Å²) in [5.41, 5.74) is 4.38. The monoisotopic (exact) mass is 454 g/mol. The zero-order chi connectivity index (χ0) is 24.1. The SMILES string of the molecule is CO[C@H](C)[C@H](NC(=O)OCC1c2ccccc2-c2ccccc21)C(=O)N[C@@H](C(=O)O)C(C)C. The molecule has 2 aromatic rings. The molecule has 3 rings (SSSR count). The smallest absolute Gasteiger partial charge is 0.407 e. The first-order valence-electron chi connectivity index (χ1n) is 10.9. The average molecular weight is 455 g/mol. The molecule has 8 heteroatoms. The summed E-state index contributed by atoms with van der Waals surface area (Å²) in [5, 5.41) is 14.4. The molecule has 2 amide bonds. The molecule has 3 atom stereocenters. The highest BCUT2D eigenvalue weighted by Crippen LogP contribution is 2.44. The fourth-order valence-electron chi connectivity index (χ4n) is 4.06. The molecule has 0 heterocycles. The first kappa shape index (κ1) is 24.3. The number of hydrogen-bond donors (Lipinski definition) is 3. The van der Waals surface area contributed by atoms with Crippen molar-refractivity contribution in [1.29, 1.82) is 0 Å². The summed E-state index contributed by atoms with van der Waals surface area (Å²) in [7, 11) is 1.40. The van der Waals surface area contributed by atoms with E-state index in [1.54, 1.807) is 20.8 Å². The molecule has 0 fully saturated rings. The molecule has 176 valence electrons. The highest BCUT2D eigenvalue weighted by Gasteiger charge is 2.33. The quantitative estimate of drug-likeness (QED) is 0.536. The van der Waals surface area contributed by atoms with Gasteiger partial charge in [0.25, 0.3) is 0 Å². The topological polar surface area (TPSA) is 114 Å². The number of carboxylic acid groups (broad SMARTS) is 1. The highest BCUT2D eigenvalue weighted by molar-refractivity contribution is 5.90. The van der Waals surface area contributed by atoms with E-state index in [0.717, 1.165) is 22.3 Å². The number of fused-ring (bicyclic) bond motifs is 3. The largest absolute Gasteiger partial charge is 0.480 e. The summed E-state index contributed by atoms with van der Waals surface area (Å²) in [6.45, 7) is 5.08. The van der Waals surface area contributed by atoms with Crippen molar-refractivity contribution < 1.29 is 29.0 Å². The van der Waals surface area contributed by atoms with Gasteiger partial charge in [0.15, 0.2) is 0 Å². The molecule has 33 heavy (non-hydrogen) atoms. The van der Waals surface area contributed by atoms with Gasteiger partial charge in [-0.25, -0.2) is 9.59 Å². The van der Waals surface area contributed by atoms with Gasteiger partial charge in [0.05, 0.1) is 6.10 Å². The lowest BCUT2D eigenvalue weighted by atomic mass is 9.98. The van der Waals surface area contributed by atoms with Gasteiger partial charge in [-0.3, -0.25) is 4.79 Å². The van der Waals surface area contributed by atoms with Crippen LogP contribution in [0.2, 0.25) is 0 Å². The van der Waals surface area contributed by atoms with Crippen molar-refractivity contribution in [2.45, 2.75) is 44.9 Å². The normalized spacial score (nSPS) is 15.2. The van der Waals surface area contributed by atoms with Gasteiger partial charge in [-0.2, -0.15) is 0 Å². The summed E-state index contributed by atoms with van der Waals surface area (Å²) in [5.74, 6) is -2.26. The Kier molecular flexibility index (Phi) is 7.71. The van der Waals surface area contributed by atoms with E-state index < -0.39 is 36.2 Å². The molecule has 0 saturated carbocycles. The van der Waals surface area contributed by atoms with Crippen molar-refractivity contribution >= 4 is 18.0 Å². The molecular weight excluding hydrogens is 424 g/mol. The number of carboxylic acids is 1. The van der Waals surface area contributed by atoms with Crippen LogP contribution in [0.3, 0.4) is 0 Å². The molecule has 0 bridgehead atoms. The predicted molar refractivity (Wildman–Crippen MR) is 123 cm³/mol. The van der Waals surface area contributed by atoms with Crippen LogP contribution < -0.4 is 10.6 Å². The summed E-state index contributed by atoms with van der Waals surface area (Å²) < 4.78 is 10.7. The second-order valence-corrected chi connectivity index (χ2v) is 8.46. The molecule has 3 N–H and O–H groups in total. The number of aliphatic carboxylic acids is 1. The number of methoxy groups -OCH3 is 1. The zero-order valence-electron chi connectivity index (χ0n) is 19.2. The van der Waals surface area contributed by atoms with Crippen LogP contribution in [0.4, 0.5) is 4.79 Å². The maximum absolute atomic E-state index is 12.8. The minimum absolute atomic E-state index is 0.0965. The van der Waals surface area contributed by atoms with Crippen LogP contribution in [0.1, 0.15) is 37.8 Å². The number of amides is 2. The van der Waals surface area contributed by atoms with Crippen LogP contribution in [0.25, 0.3) is 11.1 Å². The second-order valence-electron chi connectivity index (χ2n) is 8.46. The molecule has 0 unspecified atom stereocenters. The third-order valence-corrected chi connectivity index (χ3v) is 5.97. The van der Waals surface area contributed by atoms with Crippen molar-refractivity contribution in [3.05, 3.63) is 59.7 Å². The second kappa shape index (κ2) is 10.5. The number of hydrogen-bond acceptors (Lipinski definition) is 5. The van der Waals surface area contributed by atoms with Crippen molar-refractivity contribution in [3.8, 4) is 11.1 Å². The maximum Gasteiger partial charge on any atom is 0.407 e. The Morgan fingerprint density at radius 3 is 1.94 bits per heavy atom. The Hall–Kier alpha value is -3.39. The van der Waals surface area contributed by atoms with Crippen molar-refractivity contribution in [2.24, 2.45) is 5.92 Å². The van der Waals surface area contributed by atoms with Gasteiger partial charge < -0.3 is 25.2 Å². The predicted octanol–water partition coefficient (Wildman–Crippen LogP) is 3.15. The number of alkyl carbamates (subject to hydrolysis) is 1. The molecule has 1 aliphatic rings. The number of benzene rings is 2. The number of carbonyl (C=O) groups excluding carboxylic acids is 2. The van der Waals surface area contributed by atoms with Gasteiger partial charge in [0.1, 0.15) is 18.7 Å². The van der Waals surface area contributed by atoms with E-state index >= 15 is 0 Å². The van der Waals surface area contributed by atoms with E-state index in [0.29, 0.717) is 0 Å². The van der Waals surface area contributed by atoms with Crippen molar-refractivity contribution in [3.63, 3.8) is 0 Å². The Labute approximate surface area is 193 Å². The summed E-state index contributed by atoms with van der Waals surface area (Å²) in [6.07, 6.45) is -1.48. The number of nitrogens with one attached hydrogen (secondary N) is 2. The first-order valence-corrected chi connectivity index (χ1v) is 10.9. The summed E-state index contributed by atoms with van der Waals surface area (Å²) >= 11 is 0. The van der Waals surface area contributed by atoms with E-state index in [9.17, 15) is 19.5 Å². The van der Waals surface area contributed by atoms with Crippen LogP contribution in [0, 0.1) is 5.92 Å². The molecule has 2 aromatic carbocycles. The average Bonchev–Trinajstić information content (AvgIpc) is 3.12. The first-order chi connectivity index (χ1) is 15.7. The fraction of sp³-hybridized carbons (Fsp3) is 0.400. The number of ether oxygens (including phenoxy) is 2. The Morgan fingerprint density at radius 2 is 1.45 bits per heavy atom. The van der Waals surface area contributed by atoms with Crippen molar-refractivity contribution in [1.82, 2.24) is 10.6 Å². The van der Waals surface area contributed by atoms with Crippen LogP contribution in [0.15, 0.2) is 48.5 Å². The van der Waals surface area contributed by atoms with E-state index in [1.807, 2.05) is 48.5 Å². The third kappa shape index (κ3) is 5.34. The third-order valence-electron chi connectivity index (χ3n) is 5.97. The molecule has 0 radical (unpaired) electrons. The zero-order valence-corrected chi connectivity index (χ0v) is 19.2. The number of carbonyl (C=O) groups is 3. The lowest BCUT2D eigenvalue weighted by molar-refractivity contribution is -0.144. The van der Waals surface area contributed by atoms with Gasteiger partial charge in [-0.05, 0) is 35.1 Å². The van der Waals surface area contributed by atoms with Gasteiger partial charge in [0.2, 0.25) is 5.91 Å². The van der Waals surface area contributed by atoms with Crippen LogP contribution in [-0.2, 0) is 19.1 Å². The minimum Gasteiger partial charge on any atom is -0.480 e. The lowest BCUT2D eigenvalue weighted by Crippen LogP contribution is -2.57. The van der Waals surface area contributed by atoms with Crippen LogP contribution in [0.5, 0.6) is 0 Å². The molecule has 1 aliphatic carbocycles. The minimum atomic E-state index is -1.15. The maximum atomic E-state index is 12.8. The van der Waals surface area contributed by atoms with Gasteiger partial charge in [-0.15, -0.1) is 0 Å². The molecule has 0 aliphatic heterocycles. The van der Waals surface area contributed by atoms with Crippen molar-refractivity contribution in [2.75, 3.05) is 13.7 Å². The van der Waals surface area contributed by atoms with Gasteiger partial charge >= 0.3 is 12.1 Å². The standard InChI is InChI=1S/C25H30N2O6/c1-14(2)21(24(29)30)26-23(28)22(15(3)32-4)27-25(31)33-13-20-18-11-7-5-9-16(18)17-10-6-8-12-19(17)20/h5-12,14-15,20-22H,13H2,1-4H3,(H,26,28)(H,27,31)(H,29,30)/t15-,21-,22+/m1/s1. The van der Waals surface area contributed by atoms with E-state index in [-0.39, 0.29) is 18.4 Å². The molecular formula is C25H30N2O6.